The van der Waals surface area contributed by atoms with Crippen molar-refractivity contribution >= 4 is 22.2 Å². The van der Waals surface area contributed by atoms with E-state index in [2.05, 4.69) is 40.9 Å². The maximum Gasteiger partial charge on any atom is 0.0648 e. The van der Waals surface area contributed by atoms with Crippen molar-refractivity contribution < 1.29 is 0 Å². The van der Waals surface area contributed by atoms with Crippen LogP contribution in [0.2, 0.25) is 0 Å². The van der Waals surface area contributed by atoms with Crippen molar-refractivity contribution in [2.75, 3.05) is 5.43 Å². The van der Waals surface area contributed by atoms with Crippen LogP contribution in [0.5, 0.6) is 0 Å². The molecule has 0 saturated carbocycles. The van der Waals surface area contributed by atoms with Gasteiger partial charge >= 0.3 is 0 Å². The maximum absolute atomic E-state index is 4.48. The molecule has 0 spiro atoms. The molecule has 0 aliphatic heterocycles. The van der Waals surface area contributed by atoms with Crippen molar-refractivity contribution in [1.29, 1.82) is 0 Å². The second-order valence-electron chi connectivity index (χ2n) is 4.70. The van der Waals surface area contributed by atoms with Gasteiger partial charge in [0.2, 0.25) is 0 Å². The van der Waals surface area contributed by atoms with E-state index in [9.17, 15) is 0 Å². The van der Waals surface area contributed by atoms with E-state index in [0.29, 0.717) is 0 Å². The quantitative estimate of drug-likeness (QED) is 0.537. The molecule has 0 heterocycles. The highest BCUT2D eigenvalue weighted by Gasteiger charge is 1.99. The third-order valence-electron chi connectivity index (χ3n) is 3.33. The highest BCUT2D eigenvalue weighted by molar-refractivity contribution is 6.00. The maximum atomic E-state index is 4.48. The van der Waals surface area contributed by atoms with Gasteiger partial charge in [0, 0.05) is 5.39 Å². The number of hydrogen-bond donors (Lipinski definition) is 1. The summed E-state index contributed by atoms with van der Waals surface area (Å²) in [4.78, 5) is 0. The molecule has 0 atom stereocenters. The first-order valence-corrected chi connectivity index (χ1v) is 6.68. The minimum absolute atomic E-state index is 0.971. The average molecular weight is 260 g/mol. The number of hydrogen-bond acceptors (Lipinski definition) is 2. The molecular formula is C18H16N2. The Hall–Kier alpha value is -2.61. The molecule has 0 fully saturated rings. The molecule has 3 rings (SSSR count). The zero-order chi connectivity index (χ0) is 13.8. The first-order valence-electron chi connectivity index (χ1n) is 6.68. The minimum atomic E-state index is 0.971. The van der Waals surface area contributed by atoms with Crippen molar-refractivity contribution in [2.24, 2.45) is 5.10 Å². The number of anilines is 1. The zero-order valence-corrected chi connectivity index (χ0v) is 11.4. The smallest absolute Gasteiger partial charge is 0.0648 e. The molecule has 3 aromatic carbocycles. The Bertz CT molecular complexity index is 740. The van der Waals surface area contributed by atoms with Crippen LogP contribution in [0.1, 0.15) is 12.5 Å². The summed E-state index contributed by atoms with van der Waals surface area (Å²) in [7, 11) is 0. The van der Waals surface area contributed by atoms with Gasteiger partial charge in [0.05, 0.1) is 11.4 Å². The van der Waals surface area contributed by atoms with E-state index < -0.39 is 0 Å². The molecule has 0 amide bonds. The standard InChI is InChI=1S/C18H16N2/c1-14(15-8-3-2-4-9-15)19-20-18-13-7-11-16-10-5-6-12-17(16)18/h2-13,20H,1H3. The summed E-state index contributed by atoms with van der Waals surface area (Å²) < 4.78 is 0. The van der Waals surface area contributed by atoms with Gasteiger partial charge in [0.15, 0.2) is 0 Å². The van der Waals surface area contributed by atoms with Crippen LogP contribution >= 0.6 is 0 Å². The first-order chi connectivity index (χ1) is 9.84. The molecular weight excluding hydrogens is 244 g/mol. The molecule has 0 unspecified atom stereocenters. The fraction of sp³-hybridized carbons (Fsp3) is 0.0556. The van der Waals surface area contributed by atoms with E-state index in [0.717, 1.165) is 17.0 Å². The van der Waals surface area contributed by atoms with E-state index in [-0.39, 0.29) is 0 Å². The van der Waals surface area contributed by atoms with E-state index in [1.807, 2.05) is 49.4 Å². The van der Waals surface area contributed by atoms with Gasteiger partial charge in [-0.2, -0.15) is 5.10 Å². The lowest BCUT2D eigenvalue weighted by Gasteiger charge is -2.07. The Morgan fingerprint density at radius 3 is 2.35 bits per heavy atom. The normalized spacial score (nSPS) is 11.6. The molecule has 20 heavy (non-hydrogen) atoms. The number of benzene rings is 3. The highest BCUT2D eigenvalue weighted by Crippen LogP contribution is 2.22. The molecule has 0 aliphatic rings. The van der Waals surface area contributed by atoms with Gasteiger partial charge in [-0.3, -0.25) is 5.43 Å². The summed E-state index contributed by atoms with van der Waals surface area (Å²) in [6, 6.07) is 24.7. The SMILES string of the molecule is CC(=NNc1cccc2ccccc12)c1ccccc1. The summed E-state index contributed by atoms with van der Waals surface area (Å²) in [6.07, 6.45) is 0. The molecule has 1 N–H and O–H groups in total. The number of fused-ring (bicyclic) bond motifs is 1. The van der Waals surface area contributed by atoms with Crippen LogP contribution < -0.4 is 5.43 Å². The van der Waals surface area contributed by atoms with Gasteiger partial charge in [-0.1, -0.05) is 66.7 Å². The van der Waals surface area contributed by atoms with Gasteiger partial charge in [-0.25, -0.2) is 0 Å². The molecule has 2 nitrogen and oxygen atoms in total. The van der Waals surface area contributed by atoms with Crippen molar-refractivity contribution in [3.05, 3.63) is 78.4 Å². The predicted molar refractivity (Wildman–Crippen MR) is 86.2 cm³/mol. The lowest BCUT2D eigenvalue weighted by Crippen LogP contribution is -1.99. The van der Waals surface area contributed by atoms with Gasteiger partial charge in [0.25, 0.3) is 0 Å². The fourth-order valence-corrected chi connectivity index (χ4v) is 2.21. The van der Waals surface area contributed by atoms with Gasteiger partial charge < -0.3 is 0 Å². The third-order valence-corrected chi connectivity index (χ3v) is 3.33. The summed E-state index contributed by atoms with van der Waals surface area (Å²) >= 11 is 0. The Morgan fingerprint density at radius 1 is 0.800 bits per heavy atom. The Balaban J connectivity index is 1.91. The van der Waals surface area contributed by atoms with Crippen LogP contribution in [0.3, 0.4) is 0 Å². The van der Waals surface area contributed by atoms with Crippen LogP contribution in [0, 0.1) is 0 Å². The molecule has 2 heteroatoms. The van der Waals surface area contributed by atoms with Crippen LogP contribution in [0.15, 0.2) is 77.9 Å². The van der Waals surface area contributed by atoms with Crippen molar-refractivity contribution in [3.63, 3.8) is 0 Å². The molecule has 3 aromatic rings. The third kappa shape index (κ3) is 2.54. The average Bonchev–Trinajstić information content (AvgIpc) is 2.53. The topological polar surface area (TPSA) is 24.4 Å². The van der Waals surface area contributed by atoms with E-state index in [1.54, 1.807) is 0 Å². The molecule has 98 valence electrons. The largest absolute Gasteiger partial charge is 0.278 e. The fourth-order valence-electron chi connectivity index (χ4n) is 2.21. The molecule has 0 aromatic heterocycles. The lowest BCUT2D eigenvalue weighted by molar-refractivity contribution is 1.33. The zero-order valence-electron chi connectivity index (χ0n) is 11.4. The second kappa shape index (κ2) is 5.57. The number of nitrogens with zero attached hydrogens (tertiary/aromatic N) is 1. The van der Waals surface area contributed by atoms with Crippen molar-refractivity contribution in [1.82, 2.24) is 0 Å². The second-order valence-corrected chi connectivity index (χ2v) is 4.70. The number of rotatable bonds is 3. The highest BCUT2D eigenvalue weighted by atomic mass is 15.3. The molecule has 0 radical (unpaired) electrons. The van der Waals surface area contributed by atoms with Gasteiger partial charge in [-0.15, -0.1) is 0 Å². The lowest BCUT2D eigenvalue weighted by atomic mass is 10.1. The van der Waals surface area contributed by atoms with E-state index in [1.165, 1.54) is 10.8 Å². The van der Waals surface area contributed by atoms with Crippen LogP contribution in [0.4, 0.5) is 5.69 Å². The summed E-state index contributed by atoms with van der Waals surface area (Å²) in [5.41, 5.74) is 6.30. The molecule has 0 aliphatic carbocycles. The van der Waals surface area contributed by atoms with Gasteiger partial charge in [0.1, 0.15) is 0 Å². The minimum Gasteiger partial charge on any atom is -0.278 e. The number of hydrazone groups is 1. The Morgan fingerprint density at radius 2 is 1.50 bits per heavy atom. The van der Waals surface area contributed by atoms with Crippen molar-refractivity contribution in [2.45, 2.75) is 6.92 Å². The Labute approximate surface area is 118 Å². The van der Waals surface area contributed by atoms with Crippen molar-refractivity contribution in [3.8, 4) is 0 Å². The predicted octanol–water partition coefficient (Wildman–Crippen LogP) is 4.68. The molecule has 0 saturated heterocycles. The van der Waals surface area contributed by atoms with Crippen LogP contribution in [-0.4, -0.2) is 5.71 Å². The summed E-state index contributed by atoms with van der Waals surface area (Å²) in [6.45, 7) is 2.01. The van der Waals surface area contributed by atoms with E-state index in [4.69, 9.17) is 0 Å². The monoisotopic (exact) mass is 260 g/mol. The number of nitrogens with one attached hydrogen (secondary N) is 1. The van der Waals surface area contributed by atoms with Gasteiger partial charge in [-0.05, 0) is 23.9 Å². The van der Waals surface area contributed by atoms with Crippen LogP contribution in [-0.2, 0) is 0 Å². The first kappa shape index (κ1) is 12.4. The molecule has 0 bridgehead atoms. The Kier molecular flexibility index (Phi) is 3.46. The summed E-state index contributed by atoms with van der Waals surface area (Å²) in [5, 5.41) is 6.87. The summed E-state index contributed by atoms with van der Waals surface area (Å²) in [5.74, 6) is 0. The van der Waals surface area contributed by atoms with Crippen LogP contribution in [0.25, 0.3) is 10.8 Å². The van der Waals surface area contributed by atoms with E-state index >= 15 is 0 Å².